The SMILES string of the molecule is c1cc(-c2ccc3sc4ccccc4c3c2)cc(N(Cc2ccccc2-c2cccc3c2oc2ccccc23)c2ccc(-c3ccc4ccccc4c3)cc2)c1. The summed E-state index contributed by atoms with van der Waals surface area (Å²) in [6, 6.07) is 72.5. The van der Waals surface area contributed by atoms with E-state index in [-0.39, 0.29) is 0 Å². The molecule has 0 aliphatic heterocycles. The van der Waals surface area contributed by atoms with Crippen LogP contribution >= 0.6 is 11.3 Å². The summed E-state index contributed by atoms with van der Waals surface area (Å²) < 4.78 is 9.19. The summed E-state index contributed by atoms with van der Waals surface area (Å²) >= 11 is 1.86. The van der Waals surface area contributed by atoms with E-state index >= 15 is 0 Å². The van der Waals surface area contributed by atoms with E-state index in [2.05, 4.69) is 199 Å². The number of furan rings is 1. The molecule has 2 aromatic heterocycles. The molecule has 3 heteroatoms. The Hall–Kier alpha value is -6.94. The molecule has 2 heterocycles. The Morgan fingerprint density at radius 1 is 0.393 bits per heavy atom. The molecule has 0 fully saturated rings. The third-order valence-electron chi connectivity index (χ3n) is 11.2. The second-order valence-corrected chi connectivity index (χ2v) is 15.6. The van der Waals surface area contributed by atoms with Crippen LogP contribution in [0.4, 0.5) is 11.4 Å². The third kappa shape index (κ3) is 5.64. The Labute approximate surface area is 329 Å². The smallest absolute Gasteiger partial charge is 0.143 e. The predicted molar refractivity (Wildman–Crippen MR) is 239 cm³/mol. The van der Waals surface area contributed by atoms with Gasteiger partial charge in [-0.25, -0.2) is 0 Å². The zero-order valence-electron chi connectivity index (χ0n) is 30.5. The molecule has 0 radical (unpaired) electrons. The number of anilines is 2. The van der Waals surface area contributed by atoms with Crippen LogP contribution in [-0.2, 0) is 6.54 Å². The van der Waals surface area contributed by atoms with Gasteiger partial charge in [-0.05, 0) is 98.8 Å². The van der Waals surface area contributed by atoms with Gasteiger partial charge in [0.2, 0.25) is 0 Å². The molecule has 0 amide bonds. The molecule has 0 saturated heterocycles. The number of benzene rings is 9. The lowest BCUT2D eigenvalue weighted by atomic mass is 9.96. The Morgan fingerprint density at radius 2 is 1.05 bits per heavy atom. The monoisotopic (exact) mass is 733 g/mol. The summed E-state index contributed by atoms with van der Waals surface area (Å²) in [5.74, 6) is 0. The van der Waals surface area contributed by atoms with Crippen molar-refractivity contribution in [3.8, 4) is 33.4 Å². The molecular weight excluding hydrogens is 699 g/mol. The van der Waals surface area contributed by atoms with Crippen LogP contribution in [0.3, 0.4) is 0 Å². The highest BCUT2D eigenvalue weighted by molar-refractivity contribution is 7.25. The minimum atomic E-state index is 0.666. The highest BCUT2D eigenvalue weighted by Gasteiger charge is 2.18. The topological polar surface area (TPSA) is 16.4 Å². The van der Waals surface area contributed by atoms with Crippen molar-refractivity contribution in [1.82, 2.24) is 0 Å². The van der Waals surface area contributed by atoms with E-state index in [1.807, 2.05) is 17.4 Å². The molecule has 56 heavy (non-hydrogen) atoms. The van der Waals surface area contributed by atoms with Crippen molar-refractivity contribution in [2.24, 2.45) is 0 Å². The van der Waals surface area contributed by atoms with Crippen molar-refractivity contribution in [2.75, 3.05) is 4.90 Å². The van der Waals surface area contributed by atoms with Gasteiger partial charge in [-0.15, -0.1) is 11.3 Å². The second kappa shape index (κ2) is 13.4. The summed E-state index contributed by atoms with van der Waals surface area (Å²) in [7, 11) is 0. The maximum atomic E-state index is 6.55. The van der Waals surface area contributed by atoms with Crippen molar-refractivity contribution in [3.63, 3.8) is 0 Å². The number of hydrogen-bond acceptors (Lipinski definition) is 3. The maximum absolute atomic E-state index is 6.55. The fraction of sp³-hybridized carbons (Fsp3) is 0.0189. The van der Waals surface area contributed by atoms with Gasteiger partial charge in [-0.2, -0.15) is 0 Å². The fourth-order valence-electron chi connectivity index (χ4n) is 8.34. The average Bonchev–Trinajstić information content (AvgIpc) is 3.84. The first-order chi connectivity index (χ1) is 27.7. The van der Waals surface area contributed by atoms with Gasteiger partial charge in [0.1, 0.15) is 11.2 Å². The molecule has 264 valence electrons. The molecule has 11 aromatic rings. The molecule has 9 aromatic carbocycles. The van der Waals surface area contributed by atoms with Gasteiger partial charge in [0.25, 0.3) is 0 Å². The molecule has 0 unspecified atom stereocenters. The van der Waals surface area contributed by atoms with Crippen LogP contribution in [0.5, 0.6) is 0 Å². The van der Waals surface area contributed by atoms with Crippen molar-refractivity contribution in [1.29, 1.82) is 0 Å². The van der Waals surface area contributed by atoms with E-state index in [0.29, 0.717) is 6.54 Å². The van der Waals surface area contributed by atoms with Gasteiger partial charge in [0, 0.05) is 54.4 Å². The second-order valence-electron chi connectivity index (χ2n) is 14.5. The maximum Gasteiger partial charge on any atom is 0.143 e. The predicted octanol–water partition coefficient (Wildman–Crippen LogP) is 15.4. The highest BCUT2D eigenvalue weighted by Crippen LogP contribution is 2.41. The van der Waals surface area contributed by atoms with E-state index in [1.165, 1.54) is 64.3 Å². The fourth-order valence-corrected chi connectivity index (χ4v) is 9.43. The number of hydrogen-bond donors (Lipinski definition) is 0. The van der Waals surface area contributed by atoms with E-state index in [4.69, 9.17) is 4.42 Å². The van der Waals surface area contributed by atoms with E-state index < -0.39 is 0 Å². The minimum Gasteiger partial charge on any atom is -0.455 e. The zero-order chi connectivity index (χ0) is 37.0. The Balaban J connectivity index is 1.03. The van der Waals surface area contributed by atoms with Gasteiger partial charge >= 0.3 is 0 Å². The van der Waals surface area contributed by atoms with Gasteiger partial charge in [-0.1, -0.05) is 146 Å². The summed E-state index contributed by atoms with van der Waals surface area (Å²) in [5.41, 5.74) is 12.4. The number of fused-ring (bicyclic) bond motifs is 7. The molecule has 0 aliphatic carbocycles. The lowest BCUT2D eigenvalue weighted by molar-refractivity contribution is 0.670. The van der Waals surface area contributed by atoms with Crippen molar-refractivity contribution in [3.05, 3.63) is 206 Å². The summed E-state index contributed by atoms with van der Waals surface area (Å²) in [6.45, 7) is 0.666. The molecule has 0 N–H and O–H groups in total. The summed E-state index contributed by atoms with van der Waals surface area (Å²) in [4.78, 5) is 2.45. The lowest BCUT2D eigenvalue weighted by Crippen LogP contribution is -2.17. The van der Waals surface area contributed by atoms with Crippen LogP contribution < -0.4 is 4.90 Å². The van der Waals surface area contributed by atoms with Crippen LogP contribution in [0.2, 0.25) is 0 Å². The van der Waals surface area contributed by atoms with Gasteiger partial charge < -0.3 is 9.32 Å². The molecule has 0 saturated carbocycles. The number of thiophene rings is 1. The minimum absolute atomic E-state index is 0.666. The highest BCUT2D eigenvalue weighted by atomic mass is 32.1. The first kappa shape index (κ1) is 32.5. The molecule has 0 atom stereocenters. The van der Waals surface area contributed by atoms with Gasteiger partial charge in [0.05, 0.1) is 0 Å². The summed E-state index contributed by atoms with van der Waals surface area (Å²) in [5, 5.41) is 7.40. The first-order valence-electron chi connectivity index (χ1n) is 19.1. The van der Waals surface area contributed by atoms with Crippen molar-refractivity contribution < 1.29 is 4.42 Å². The lowest BCUT2D eigenvalue weighted by Gasteiger charge is -2.27. The van der Waals surface area contributed by atoms with E-state index in [0.717, 1.165) is 38.9 Å². The third-order valence-corrected chi connectivity index (χ3v) is 12.3. The quantitative estimate of drug-likeness (QED) is 0.162. The molecule has 0 bridgehead atoms. The van der Waals surface area contributed by atoms with Crippen LogP contribution in [0.1, 0.15) is 5.56 Å². The van der Waals surface area contributed by atoms with E-state index in [1.54, 1.807) is 0 Å². The first-order valence-corrected chi connectivity index (χ1v) is 19.9. The average molecular weight is 734 g/mol. The van der Waals surface area contributed by atoms with Gasteiger partial charge in [-0.3, -0.25) is 0 Å². The van der Waals surface area contributed by atoms with E-state index in [9.17, 15) is 0 Å². The van der Waals surface area contributed by atoms with Crippen LogP contribution in [0.15, 0.2) is 205 Å². The molecular formula is C53H35NOS. The zero-order valence-corrected chi connectivity index (χ0v) is 31.3. The van der Waals surface area contributed by atoms with Crippen LogP contribution in [0, 0.1) is 0 Å². The normalized spacial score (nSPS) is 11.6. The Bertz CT molecular complexity index is 3240. The largest absolute Gasteiger partial charge is 0.455 e. The van der Waals surface area contributed by atoms with Crippen molar-refractivity contribution in [2.45, 2.75) is 6.54 Å². The Kier molecular flexibility index (Phi) is 7.78. The standard InChI is InChI=1S/C53H35NOS/c1-2-12-37-31-39(24-23-35(37)11-1)36-25-28-42(29-26-36)54(43-15-9-14-38(32-43)40-27-30-52-49(33-40)46-18-6-8-22-51(46)56-52)34-41-13-3-4-16-44(41)47-19-10-20-48-45-17-5-7-21-50(45)55-53(47)48/h1-33H,34H2. The van der Waals surface area contributed by atoms with Gasteiger partial charge in [0.15, 0.2) is 0 Å². The molecule has 11 rings (SSSR count). The Morgan fingerprint density at radius 3 is 1.98 bits per heavy atom. The number of rotatable bonds is 7. The number of nitrogens with zero attached hydrogens (tertiary/aromatic N) is 1. The van der Waals surface area contributed by atoms with Crippen molar-refractivity contribution >= 4 is 75.6 Å². The van der Waals surface area contributed by atoms with Crippen LogP contribution in [0.25, 0.3) is 86.3 Å². The molecule has 2 nitrogen and oxygen atoms in total. The van der Waals surface area contributed by atoms with Crippen LogP contribution in [-0.4, -0.2) is 0 Å². The summed E-state index contributed by atoms with van der Waals surface area (Å²) in [6.07, 6.45) is 0. The molecule has 0 aliphatic rings. The number of para-hydroxylation sites is 2. The molecule has 0 spiro atoms.